The lowest BCUT2D eigenvalue weighted by molar-refractivity contribution is 0.103. The molecule has 1 amide bonds. The van der Waals surface area contributed by atoms with E-state index in [0.29, 0.717) is 16.3 Å². The molecule has 3 rings (SSSR count). The molecule has 21 heavy (non-hydrogen) atoms. The molecule has 106 valence electrons. The predicted octanol–water partition coefficient (Wildman–Crippen LogP) is 4.57. The molecule has 2 aromatic heterocycles. The van der Waals surface area contributed by atoms with Crippen LogP contribution in [0.3, 0.4) is 0 Å². The summed E-state index contributed by atoms with van der Waals surface area (Å²) in [7, 11) is 0. The van der Waals surface area contributed by atoms with E-state index in [9.17, 15) is 9.18 Å². The molecule has 1 N–H and O–H groups in total. The molecule has 1 aromatic carbocycles. The van der Waals surface area contributed by atoms with Crippen molar-refractivity contribution in [3.63, 3.8) is 0 Å². The first-order valence-corrected chi connectivity index (χ1v) is 7.91. The van der Waals surface area contributed by atoms with Gasteiger partial charge >= 0.3 is 0 Å². The second-order valence-electron chi connectivity index (χ2n) is 4.37. The summed E-state index contributed by atoms with van der Waals surface area (Å²) in [4.78, 5) is 18.3. The fraction of sp³-hybridized carbons (Fsp3) is 0.0667. The van der Waals surface area contributed by atoms with Gasteiger partial charge in [-0.2, -0.15) is 0 Å². The number of halogens is 1. The van der Waals surface area contributed by atoms with E-state index in [2.05, 4.69) is 10.3 Å². The average molecular weight is 318 g/mol. The van der Waals surface area contributed by atoms with Crippen LogP contribution in [0.5, 0.6) is 0 Å². The van der Waals surface area contributed by atoms with Crippen LogP contribution in [0.4, 0.5) is 10.1 Å². The molecule has 0 saturated heterocycles. The molecule has 3 nitrogen and oxygen atoms in total. The maximum absolute atomic E-state index is 12.9. The van der Waals surface area contributed by atoms with Gasteiger partial charge in [0, 0.05) is 5.69 Å². The lowest BCUT2D eigenvalue weighted by Crippen LogP contribution is -2.11. The summed E-state index contributed by atoms with van der Waals surface area (Å²) in [5, 5.41) is 5.57. The van der Waals surface area contributed by atoms with Crippen molar-refractivity contribution in [2.45, 2.75) is 6.92 Å². The van der Waals surface area contributed by atoms with E-state index >= 15 is 0 Å². The van der Waals surface area contributed by atoms with Crippen LogP contribution in [0.2, 0.25) is 0 Å². The summed E-state index contributed by atoms with van der Waals surface area (Å²) in [5.74, 6) is -0.554. The summed E-state index contributed by atoms with van der Waals surface area (Å²) in [6.07, 6.45) is 0. The maximum Gasteiger partial charge on any atom is 0.267 e. The first-order chi connectivity index (χ1) is 10.1. The predicted molar refractivity (Wildman–Crippen MR) is 84.5 cm³/mol. The number of nitrogens with one attached hydrogen (secondary N) is 1. The highest BCUT2D eigenvalue weighted by molar-refractivity contribution is 7.22. The Balaban J connectivity index is 1.83. The zero-order valence-electron chi connectivity index (χ0n) is 11.1. The number of hydrogen-bond donors (Lipinski definition) is 1. The highest BCUT2D eigenvalue weighted by Crippen LogP contribution is 2.31. The van der Waals surface area contributed by atoms with Crippen LogP contribution in [0, 0.1) is 12.7 Å². The molecule has 0 atom stereocenters. The van der Waals surface area contributed by atoms with Crippen molar-refractivity contribution in [3.05, 3.63) is 58.2 Å². The molecule has 0 fully saturated rings. The Morgan fingerprint density at radius 2 is 2.00 bits per heavy atom. The summed E-state index contributed by atoms with van der Waals surface area (Å²) in [6, 6.07) is 9.62. The van der Waals surface area contributed by atoms with Gasteiger partial charge < -0.3 is 5.32 Å². The van der Waals surface area contributed by atoms with E-state index in [4.69, 9.17) is 0 Å². The van der Waals surface area contributed by atoms with E-state index in [1.807, 2.05) is 24.4 Å². The minimum Gasteiger partial charge on any atom is -0.321 e. The van der Waals surface area contributed by atoms with E-state index in [-0.39, 0.29) is 11.7 Å². The standard InChI is InChI=1S/C15H11FN2OS2/c1-9-13(21-15(17-9)12-3-2-8-20-12)14(19)18-11-6-4-10(16)5-7-11/h2-8H,1H3,(H,18,19). The molecule has 0 unspecified atom stereocenters. The van der Waals surface area contributed by atoms with Crippen molar-refractivity contribution < 1.29 is 9.18 Å². The van der Waals surface area contributed by atoms with Crippen molar-refractivity contribution in [2.75, 3.05) is 5.32 Å². The lowest BCUT2D eigenvalue weighted by Gasteiger charge is -2.03. The van der Waals surface area contributed by atoms with Crippen molar-refractivity contribution in [3.8, 4) is 9.88 Å². The number of benzene rings is 1. The van der Waals surface area contributed by atoms with E-state index < -0.39 is 0 Å². The van der Waals surface area contributed by atoms with Gasteiger partial charge in [0.2, 0.25) is 0 Å². The van der Waals surface area contributed by atoms with Crippen molar-refractivity contribution in [2.24, 2.45) is 0 Å². The molecule has 0 spiro atoms. The number of anilines is 1. The fourth-order valence-corrected chi connectivity index (χ4v) is 3.59. The van der Waals surface area contributed by atoms with E-state index in [0.717, 1.165) is 9.88 Å². The highest BCUT2D eigenvalue weighted by atomic mass is 32.1. The third kappa shape index (κ3) is 3.01. The molecule has 3 aromatic rings. The van der Waals surface area contributed by atoms with E-state index in [1.54, 1.807) is 11.3 Å². The Morgan fingerprint density at radius 3 is 2.67 bits per heavy atom. The first kappa shape index (κ1) is 13.9. The number of aryl methyl sites for hydroxylation is 1. The Labute approximate surface area is 129 Å². The normalized spacial score (nSPS) is 10.6. The van der Waals surface area contributed by atoms with Gasteiger partial charge in [-0.15, -0.1) is 22.7 Å². The quantitative estimate of drug-likeness (QED) is 0.768. The van der Waals surface area contributed by atoms with Crippen LogP contribution in [0.1, 0.15) is 15.4 Å². The number of carbonyl (C=O) groups excluding carboxylic acids is 1. The van der Waals surface area contributed by atoms with Crippen LogP contribution in [0.15, 0.2) is 41.8 Å². The zero-order valence-corrected chi connectivity index (χ0v) is 12.7. The van der Waals surface area contributed by atoms with Crippen LogP contribution in [-0.2, 0) is 0 Å². The summed E-state index contributed by atoms with van der Waals surface area (Å²) in [6.45, 7) is 1.81. The smallest absolute Gasteiger partial charge is 0.267 e. The monoisotopic (exact) mass is 318 g/mol. The molecule has 0 bridgehead atoms. The average Bonchev–Trinajstić information content (AvgIpc) is 3.10. The molecular formula is C15H11FN2OS2. The van der Waals surface area contributed by atoms with Crippen LogP contribution in [0.25, 0.3) is 9.88 Å². The Morgan fingerprint density at radius 1 is 1.24 bits per heavy atom. The third-order valence-electron chi connectivity index (χ3n) is 2.84. The lowest BCUT2D eigenvalue weighted by atomic mass is 10.3. The van der Waals surface area contributed by atoms with Crippen LogP contribution >= 0.6 is 22.7 Å². The first-order valence-electron chi connectivity index (χ1n) is 6.22. The number of thiazole rings is 1. The number of rotatable bonds is 3. The topological polar surface area (TPSA) is 42.0 Å². The molecule has 2 heterocycles. The Bertz CT molecular complexity index is 764. The second kappa shape index (κ2) is 5.75. The molecular weight excluding hydrogens is 307 g/mol. The number of hydrogen-bond acceptors (Lipinski definition) is 4. The van der Waals surface area contributed by atoms with Crippen LogP contribution in [-0.4, -0.2) is 10.9 Å². The van der Waals surface area contributed by atoms with Crippen molar-refractivity contribution >= 4 is 34.3 Å². The third-order valence-corrected chi connectivity index (χ3v) is 5.03. The largest absolute Gasteiger partial charge is 0.321 e. The summed E-state index contributed by atoms with van der Waals surface area (Å²) < 4.78 is 12.9. The van der Waals surface area contributed by atoms with Gasteiger partial charge in [0.15, 0.2) is 0 Å². The zero-order chi connectivity index (χ0) is 14.8. The van der Waals surface area contributed by atoms with Gasteiger partial charge in [0.05, 0.1) is 10.6 Å². The molecule has 0 saturated carbocycles. The Kier molecular flexibility index (Phi) is 3.81. The highest BCUT2D eigenvalue weighted by Gasteiger charge is 2.16. The molecule has 0 radical (unpaired) electrons. The van der Waals surface area contributed by atoms with Gasteiger partial charge in [0.25, 0.3) is 5.91 Å². The van der Waals surface area contributed by atoms with Gasteiger partial charge in [0.1, 0.15) is 15.7 Å². The summed E-state index contributed by atoms with van der Waals surface area (Å²) in [5.41, 5.74) is 1.26. The molecule has 0 aliphatic heterocycles. The van der Waals surface area contributed by atoms with Gasteiger partial charge in [-0.1, -0.05) is 6.07 Å². The Hall–Kier alpha value is -2.05. The number of nitrogens with zero attached hydrogens (tertiary/aromatic N) is 1. The van der Waals surface area contributed by atoms with Crippen molar-refractivity contribution in [1.29, 1.82) is 0 Å². The van der Waals surface area contributed by atoms with E-state index in [1.165, 1.54) is 35.6 Å². The van der Waals surface area contributed by atoms with Gasteiger partial charge in [-0.3, -0.25) is 4.79 Å². The number of thiophene rings is 1. The number of amides is 1. The minimum absolute atomic E-state index is 0.223. The fourth-order valence-electron chi connectivity index (χ4n) is 1.83. The van der Waals surface area contributed by atoms with Crippen molar-refractivity contribution in [1.82, 2.24) is 4.98 Å². The number of carbonyl (C=O) groups is 1. The number of aromatic nitrogens is 1. The van der Waals surface area contributed by atoms with Crippen LogP contribution < -0.4 is 5.32 Å². The maximum atomic E-state index is 12.9. The molecule has 0 aliphatic rings. The molecule has 0 aliphatic carbocycles. The second-order valence-corrected chi connectivity index (χ2v) is 6.32. The minimum atomic E-state index is -0.332. The van der Waals surface area contributed by atoms with Gasteiger partial charge in [-0.05, 0) is 42.6 Å². The SMILES string of the molecule is Cc1nc(-c2cccs2)sc1C(=O)Nc1ccc(F)cc1. The van der Waals surface area contributed by atoms with Gasteiger partial charge in [-0.25, -0.2) is 9.37 Å². The molecule has 6 heteroatoms. The summed E-state index contributed by atoms with van der Waals surface area (Å²) >= 11 is 2.95.